The maximum Gasteiger partial charge on any atom is 0.236 e. The van der Waals surface area contributed by atoms with E-state index in [0.717, 1.165) is 44.5 Å². The van der Waals surface area contributed by atoms with Gasteiger partial charge < -0.3 is 14.6 Å². The predicted molar refractivity (Wildman–Crippen MR) is 70.3 cm³/mol. The molecule has 1 amide bonds. The summed E-state index contributed by atoms with van der Waals surface area (Å²) >= 11 is 0. The summed E-state index contributed by atoms with van der Waals surface area (Å²) in [6.07, 6.45) is 5.91. The number of carbonyl (C=O) groups is 1. The summed E-state index contributed by atoms with van der Waals surface area (Å²) in [5, 5.41) is 3.29. The number of carbonyl (C=O) groups excluding carboxylic acids is 1. The topological polar surface area (TPSA) is 45.5 Å². The summed E-state index contributed by atoms with van der Waals surface area (Å²) in [6, 6.07) is 4.23. The first-order valence-electron chi connectivity index (χ1n) is 6.79. The minimum absolute atomic E-state index is 0.234. The molecule has 0 bridgehead atoms. The Balaban J connectivity index is 1.62. The van der Waals surface area contributed by atoms with E-state index >= 15 is 0 Å². The number of amides is 1. The van der Waals surface area contributed by atoms with Gasteiger partial charge in [0, 0.05) is 25.6 Å². The van der Waals surface area contributed by atoms with Gasteiger partial charge >= 0.3 is 0 Å². The van der Waals surface area contributed by atoms with Crippen molar-refractivity contribution in [2.24, 2.45) is 0 Å². The summed E-state index contributed by atoms with van der Waals surface area (Å²) in [6.45, 7) is 4.43. The quantitative estimate of drug-likeness (QED) is 0.837. The van der Waals surface area contributed by atoms with Crippen molar-refractivity contribution in [3.63, 3.8) is 0 Å². The second-order valence-electron chi connectivity index (χ2n) is 4.99. The van der Waals surface area contributed by atoms with Crippen molar-refractivity contribution in [2.45, 2.75) is 38.6 Å². The molecule has 1 N–H and O–H groups in total. The van der Waals surface area contributed by atoms with Crippen LogP contribution in [0.1, 0.15) is 31.9 Å². The summed E-state index contributed by atoms with van der Waals surface area (Å²) in [5.41, 5.74) is 0. The van der Waals surface area contributed by atoms with Crippen LogP contribution in [0.3, 0.4) is 0 Å². The van der Waals surface area contributed by atoms with Gasteiger partial charge in [-0.25, -0.2) is 0 Å². The Morgan fingerprint density at radius 1 is 1.50 bits per heavy atom. The van der Waals surface area contributed by atoms with E-state index in [1.54, 1.807) is 6.26 Å². The summed E-state index contributed by atoms with van der Waals surface area (Å²) in [7, 11) is 0. The van der Waals surface area contributed by atoms with Crippen LogP contribution < -0.4 is 5.32 Å². The molecule has 0 radical (unpaired) electrons. The average Bonchev–Trinajstić information content (AvgIpc) is 3.05. The predicted octanol–water partition coefficient (Wildman–Crippen LogP) is 1.81. The number of aryl methyl sites for hydroxylation is 1. The number of likely N-dealkylation sites (tertiary alicyclic amines) is 1. The fourth-order valence-electron chi connectivity index (χ4n) is 2.26. The smallest absolute Gasteiger partial charge is 0.236 e. The zero-order valence-electron chi connectivity index (χ0n) is 11.0. The first kappa shape index (κ1) is 13.1. The highest BCUT2D eigenvalue weighted by Crippen LogP contribution is 2.08. The van der Waals surface area contributed by atoms with Gasteiger partial charge in [0.15, 0.2) is 0 Å². The molecule has 2 heterocycles. The number of hydrogen-bond acceptors (Lipinski definition) is 3. The van der Waals surface area contributed by atoms with Crippen molar-refractivity contribution in [1.82, 2.24) is 10.2 Å². The molecule has 1 saturated heterocycles. The lowest BCUT2D eigenvalue weighted by Crippen LogP contribution is -2.39. The first-order valence-corrected chi connectivity index (χ1v) is 6.79. The maximum atomic E-state index is 11.8. The molecule has 1 aliphatic heterocycles. The van der Waals surface area contributed by atoms with Gasteiger partial charge in [0.2, 0.25) is 5.91 Å². The van der Waals surface area contributed by atoms with Crippen LogP contribution in [-0.2, 0) is 11.2 Å². The summed E-state index contributed by atoms with van der Waals surface area (Å²) in [4.78, 5) is 13.8. The fraction of sp³-hybridized carbons (Fsp3) is 0.643. The van der Waals surface area contributed by atoms with Crippen molar-refractivity contribution in [2.75, 3.05) is 19.6 Å². The highest BCUT2D eigenvalue weighted by Gasteiger charge is 2.17. The Hall–Kier alpha value is -1.29. The third-order valence-corrected chi connectivity index (χ3v) is 3.46. The first-order chi connectivity index (χ1) is 8.75. The fourth-order valence-corrected chi connectivity index (χ4v) is 2.26. The lowest BCUT2D eigenvalue weighted by Gasteiger charge is -2.18. The molecule has 100 valence electrons. The van der Waals surface area contributed by atoms with Crippen LogP contribution in [0.4, 0.5) is 0 Å². The lowest BCUT2D eigenvalue weighted by molar-refractivity contribution is -0.129. The molecule has 1 aliphatic rings. The van der Waals surface area contributed by atoms with Gasteiger partial charge in [-0.15, -0.1) is 0 Å². The molecule has 1 atom stereocenters. The Morgan fingerprint density at radius 2 is 2.28 bits per heavy atom. The second kappa shape index (κ2) is 6.59. The van der Waals surface area contributed by atoms with Crippen LogP contribution in [-0.4, -0.2) is 36.5 Å². The van der Waals surface area contributed by atoms with E-state index < -0.39 is 0 Å². The van der Waals surface area contributed by atoms with Crippen LogP contribution >= 0.6 is 0 Å². The van der Waals surface area contributed by atoms with E-state index in [9.17, 15) is 4.79 Å². The molecule has 0 aromatic carbocycles. The number of rotatable bonds is 6. The van der Waals surface area contributed by atoms with Crippen molar-refractivity contribution < 1.29 is 9.21 Å². The molecule has 0 spiro atoms. The zero-order chi connectivity index (χ0) is 12.8. The van der Waals surface area contributed by atoms with Crippen molar-refractivity contribution in [3.8, 4) is 0 Å². The van der Waals surface area contributed by atoms with Gasteiger partial charge in [0.1, 0.15) is 5.76 Å². The SMILES string of the molecule is CC(CCc1ccco1)NCC(=O)N1CCCC1. The largest absolute Gasteiger partial charge is 0.469 e. The van der Waals surface area contributed by atoms with Gasteiger partial charge in [-0.3, -0.25) is 4.79 Å². The Labute approximate surface area is 108 Å². The minimum Gasteiger partial charge on any atom is -0.469 e. The van der Waals surface area contributed by atoms with Crippen LogP contribution in [0.15, 0.2) is 22.8 Å². The van der Waals surface area contributed by atoms with Gasteiger partial charge in [-0.05, 0) is 38.3 Å². The van der Waals surface area contributed by atoms with Gasteiger partial charge in [-0.1, -0.05) is 0 Å². The monoisotopic (exact) mass is 250 g/mol. The molecule has 4 nitrogen and oxygen atoms in total. The van der Waals surface area contributed by atoms with Crippen molar-refractivity contribution >= 4 is 5.91 Å². The van der Waals surface area contributed by atoms with E-state index in [4.69, 9.17) is 4.42 Å². The number of nitrogens with zero attached hydrogens (tertiary/aromatic N) is 1. The third-order valence-electron chi connectivity index (χ3n) is 3.46. The molecule has 4 heteroatoms. The van der Waals surface area contributed by atoms with Crippen molar-refractivity contribution in [3.05, 3.63) is 24.2 Å². The third kappa shape index (κ3) is 3.88. The maximum absolute atomic E-state index is 11.8. The highest BCUT2D eigenvalue weighted by molar-refractivity contribution is 5.78. The summed E-state index contributed by atoms with van der Waals surface area (Å²) in [5.74, 6) is 1.24. The van der Waals surface area contributed by atoms with E-state index in [1.165, 1.54) is 0 Å². The van der Waals surface area contributed by atoms with E-state index in [1.807, 2.05) is 17.0 Å². The van der Waals surface area contributed by atoms with E-state index in [0.29, 0.717) is 12.6 Å². The van der Waals surface area contributed by atoms with Crippen LogP contribution in [0.2, 0.25) is 0 Å². The lowest BCUT2D eigenvalue weighted by atomic mass is 10.1. The van der Waals surface area contributed by atoms with Crippen molar-refractivity contribution in [1.29, 1.82) is 0 Å². The van der Waals surface area contributed by atoms with Crippen LogP contribution in [0.25, 0.3) is 0 Å². The minimum atomic E-state index is 0.234. The average molecular weight is 250 g/mol. The molecule has 0 aliphatic carbocycles. The molecule has 2 rings (SSSR count). The standard InChI is InChI=1S/C14H22N2O2/c1-12(6-7-13-5-4-10-18-13)15-11-14(17)16-8-2-3-9-16/h4-5,10,12,15H,2-3,6-9,11H2,1H3. The number of nitrogens with one attached hydrogen (secondary N) is 1. The van der Waals surface area contributed by atoms with Crippen LogP contribution in [0.5, 0.6) is 0 Å². The summed E-state index contributed by atoms with van der Waals surface area (Å²) < 4.78 is 5.29. The number of furan rings is 1. The normalized spacial score (nSPS) is 17.1. The Kier molecular flexibility index (Phi) is 4.81. The van der Waals surface area contributed by atoms with E-state index in [-0.39, 0.29) is 5.91 Å². The zero-order valence-corrected chi connectivity index (χ0v) is 11.0. The molecule has 1 fully saturated rings. The van der Waals surface area contributed by atoms with Gasteiger partial charge in [-0.2, -0.15) is 0 Å². The number of hydrogen-bond donors (Lipinski definition) is 1. The Morgan fingerprint density at radius 3 is 2.94 bits per heavy atom. The van der Waals surface area contributed by atoms with Gasteiger partial charge in [0.05, 0.1) is 12.8 Å². The molecule has 0 saturated carbocycles. The molecule has 1 aromatic rings. The van der Waals surface area contributed by atoms with Crippen LogP contribution in [0, 0.1) is 0 Å². The Bertz CT molecular complexity index is 356. The highest BCUT2D eigenvalue weighted by atomic mass is 16.3. The molecule has 18 heavy (non-hydrogen) atoms. The molecule has 1 unspecified atom stereocenters. The molecular formula is C14H22N2O2. The molecular weight excluding hydrogens is 228 g/mol. The van der Waals surface area contributed by atoms with Gasteiger partial charge in [0.25, 0.3) is 0 Å². The second-order valence-corrected chi connectivity index (χ2v) is 4.99. The molecule has 1 aromatic heterocycles. The van der Waals surface area contributed by atoms with E-state index in [2.05, 4.69) is 12.2 Å².